The second-order valence-electron chi connectivity index (χ2n) is 5.43. The van der Waals surface area contributed by atoms with Gasteiger partial charge < -0.3 is 4.57 Å². The third kappa shape index (κ3) is 1.82. The minimum Gasteiger partial charge on any atom is -0.324 e. The summed E-state index contributed by atoms with van der Waals surface area (Å²) in [6.45, 7) is 4.58. The van der Waals surface area contributed by atoms with Gasteiger partial charge in [-0.25, -0.2) is 0 Å². The lowest BCUT2D eigenvalue weighted by molar-refractivity contribution is 0.474. The van der Waals surface area contributed by atoms with Crippen molar-refractivity contribution in [3.05, 3.63) is 59.9 Å². The molecule has 3 rings (SSSR count). The van der Waals surface area contributed by atoms with Crippen LogP contribution in [0.15, 0.2) is 48.8 Å². The molecule has 0 saturated carbocycles. The molecule has 0 fully saturated rings. The van der Waals surface area contributed by atoms with Gasteiger partial charge >= 0.3 is 0 Å². The number of fused-ring (bicyclic) bond motifs is 1. The van der Waals surface area contributed by atoms with E-state index in [0.29, 0.717) is 0 Å². The van der Waals surface area contributed by atoms with Crippen molar-refractivity contribution in [2.45, 2.75) is 20.3 Å². The molecule has 0 amide bonds. The molecule has 1 heteroatoms. The van der Waals surface area contributed by atoms with Crippen molar-refractivity contribution >= 4 is 6.08 Å². The summed E-state index contributed by atoms with van der Waals surface area (Å²) in [5.41, 5.74) is 4.38. The zero-order chi connectivity index (χ0) is 11.9. The predicted octanol–water partition coefficient (Wildman–Crippen LogP) is 4.07. The summed E-state index contributed by atoms with van der Waals surface area (Å²) in [5.74, 6) is 0. The normalized spacial score (nSPS) is 16.8. The molecule has 86 valence electrons. The topological polar surface area (TPSA) is 4.93 Å². The second-order valence-corrected chi connectivity index (χ2v) is 5.43. The number of rotatable bonds is 1. The van der Waals surface area contributed by atoms with Gasteiger partial charge in [0.1, 0.15) is 0 Å². The Morgan fingerprint density at radius 3 is 2.59 bits per heavy atom. The molecule has 1 aromatic heterocycles. The molecule has 2 aromatic rings. The van der Waals surface area contributed by atoms with E-state index in [9.17, 15) is 0 Å². The molecule has 0 bridgehead atoms. The van der Waals surface area contributed by atoms with Crippen molar-refractivity contribution in [3.8, 4) is 5.69 Å². The number of allylic oxidation sites excluding steroid dienone is 1. The summed E-state index contributed by atoms with van der Waals surface area (Å²) >= 11 is 0. The minimum atomic E-state index is 0.260. The molecule has 0 spiro atoms. The quantitative estimate of drug-likeness (QED) is 0.686. The SMILES string of the molecule is CC1(C)C=Cc2cccc(-n3cccc3)c2C1. The van der Waals surface area contributed by atoms with E-state index in [1.54, 1.807) is 0 Å². The van der Waals surface area contributed by atoms with E-state index in [2.05, 4.69) is 73.3 Å². The lowest BCUT2D eigenvalue weighted by atomic mass is 9.79. The molecule has 1 heterocycles. The first-order chi connectivity index (χ1) is 8.16. The Balaban J connectivity index is 2.18. The fourth-order valence-corrected chi connectivity index (χ4v) is 2.51. The Morgan fingerprint density at radius 2 is 1.82 bits per heavy atom. The van der Waals surface area contributed by atoms with Crippen LogP contribution in [-0.2, 0) is 6.42 Å². The maximum atomic E-state index is 2.31. The summed E-state index contributed by atoms with van der Waals surface area (Å²) < 4.78 is 2.20. The van der Waals surface area contributed by atoms with Gasteiger partial charge in [-0.15, -0.1) is 0 Å². The van der Waals surface area contributed by atoms with Gasteiger partial charge in [0.05, 0.1) is 0 Å². The number of hydrogen-bond acceptors (Lipinski definition) is 0. The van der Waals surface area contributed by atoms with E-state index < -0.39 is 0 Å². The van der Waals surface area contributed by atoms with Crippen molar-refractivity contribution in [3.63, 3.8) is 0 Å². The fourth-order valence-electron chi connectivity index (χ4n) is 2.51. The van der Waals surface area contributed by atoms with Crippen molar-refractivity contribution in [1.29, 1.82) is 0 Å². The van der Waals surface area contributed by atoms with Crippen molar-refractivity contribution in [1.82, 2.24) is 4.57 Å². The maximum absolute atomic E-state index is 2.31. The maximum Gasteiger partial charge on any atom is 0.0487 e. The van der Waals surface area contributed by atoms with Crippen LogP contribution in [0.3, 0.4) is 0 Å². The molecule has 0 unspecified atom stereocenters. The first-order valence-corrected chi connectivity index (χ1v) is 6.10. The van der Waals surface area contributed by atoms with Crippen LogP contribution in [0.5, 0.6) is 0 Å². The smallest absolute Gasteiger partial charge is 0.0487 e. The van der Waals surface area contributed by atoms with Crippen LogP contribution in [0.1, 0.15) is 25.0 Å². The zero-order valence-corrected chi connectivity index (χ0v) is 10.4. The summed E-state index contributed by atoms with van der Waals surface area (Å²) in [6, 6.07) is 10.7. The lowest BCUT2D eigenvalue weighted by Gasteiger charge is -2.27. The Morgan fingerprint density at radius 1 is 1.06 bits per heavy atom. The Kier molecular flexibility index (Phi) is 2.22. The van der Waals surface area contributed by atoms with Crippen LogP contribution >= 0.6 is 0 Å². The molecule has 0 aliphatic heterocycles. The van der Waals surface area contributed by atoms with E-state index in [4.69, 9.17) is 0 Å². The van der Waals surface area contributed by atoms with Gasteiger partial charge in [-0.1, -0.05) is 38.1 Å². The third-order valence-electron chi connectivity index (χ3n) is 3.42. The third-order valence-corrected chi connectivity index (χ3v) is 3.42. The van der Waals surface area contributed by atoms with Crippen molar-refractivity contribution in [2.75, 3.05) is 0 Å². The van der Waals surface area contributed by atoms with E-state index in [0.717, 1.165) is 6.42 Å². The summed E-state index contributed by atoms with van der Waals surface area (Å²) in [5, 5.41) is 0. The molecule has 0 saturated heterocycles. The lowest BCUT2D eigenvalue weighted by Crippen LogP contribution is -2.17. The van der Waals surface area contributed by atoms with E-state index in [1.807, 2.05) is 0 Å². The zero-order valence-electron chi connectivity index (χ0n) is 10.4. The standard InChI is InChI=1S/C16H17N/c1-16(2)9-8-13-6-5-7-15(14(13)12-16)17-10-3-4-11-17/h3-11H,12H2,1-2H3. The van der Waals surface area contributed by atoms with Crippen LogP contribution in [0, 0.1) is 5.41 Å². The van der Waals surface area contributed by atoms with Crippen LogP contribution in [-0.4, -0.2) is 4.57 Å². The van der Waals surface area contributed by atoms with Crippen molar-refractivity contribution < 1.29 is 0 Å². The van der Waals surface area contributed by atoms with E-state index in [1.165, 1.54) is 16.8 Å². The Labute approximate surface area is 102 Å². The average Bonchev–Trinajstić information content (AvgIpc) is 2.80. The number of benzene rings is 1. The highest BCUT2D eigenvalue weighted by molar-refractivity contribution is 5.63. The molecular formula is C16H17N. The first-order valence-electron chi connectivity index (χ1n) is 6.10. The fraction of sp³-hybridized carbons (Fsp3) is 0.250. The molecule has 0 N–H and O–H groups in total. The molecule has 1 aliphatic rings. The van der Waals surface area contributed by atoms with Crippen LogP contribution in [0.25, 0.3) is 11.8 Å². The highest BCUT2D eigenvalue weighted by atomic mass is 14.9. The van der Waals surface area contributed by atoms with Gasteiger partial charge in [-0.05, 0) is 41.2 Å². The van der Waals surface area contributed by atoms with E-state index >= 15 is 0 Å². The van der Waals surface area contributed by atoms with Gasteiger partial charge in [-0.3, -0.25) is 0 Å². The van der Waals surface area contributed by atoms with Crippen molar-refractivity contribution in [2.24, 2.45) is 5.41 Å². The highest BCUT2D eigenvalue weighted by Gasteiger charge is 2.22. The molecule has 1 aliphatic carbocycles. The van der Waals surface area contributed by atoms with E-state index in [-0.39, 0.29) is 5.41 Å². The number of nitrogens with zero attached hydrogens (tertiary/aromatic N) is 1. The average molecular weight is 223 g/mol. The first kappa shape index (κ1) is 10.4. The van der Waals surface area contributed by atoms with Gasteiger partial charge in [0.15, 0.2) is 0 Å². The molecule has 0 radical (unpaired) electrons. The molecule has 1 nitrogen and oxygen atoms in total. The van der Waals surface area contributed by atoms with Crippen LogP contribution < -0.4 is 0 Å². The molecule has 17 heavy (non-hydrogen) atoms. The summed E-state index contributed by atoms with van der Waals surface area (Å²) in [6.07, 6.45) is 9.90. The Bertz CT molecular complexity index is 559. The van der Waals surface area contributed by atoms with Gasteiger partial charge in [0.2, 0.25) is 0 Å². The predicted molar refractivity (Wildman–Crippen MR) is 72.3 cm³/mol. The summed E-state index contributed by atoms with van der Waals surface area (Å²) in [7, 11) is 0. The molecular weight excluding hydrogens is 206 g/mol. The monoisotopic (exact) mass is 223 g/mol. The second kappa shape index (κ2) is 3.63. The van der Waals surface area contributed by atoms with Gasteiger partial charge in [0, 0.05) is 18.1 Å². The minimum absolute atomic E-state index is 0.260. The van der Waals surface area contributed by atoms with Gasteiger partial charge in [-0.2, -0.15) is 0 Å². The van der Waals surface area contributed by atoms with Gasteiger partial charge in [0.25, 0.3) is 0 Å². The van der Waals surface area contributed by atoms with Crippen LogP contribution in [0.4, 0.5) is 0 Å². The highest BCUT2D eigenvalue weighted by Crippen LogP contribution is 2.34. The Hall–Kier alpha value is -1.76. The molecule has 0 atom stereocenters. The summed E-state index contributed by atoms with van der Waals surface area (Å²) in [4.78, 5) is 0. The number of aromatic nitrogens is 1. The largest absolute Gasteiger partial charge is 0.324 e. The number of hydrogen-bond donors (Lipinski definition) is 0. The molecule has 1 aromatic carbocycles. The van der Waals surface area contributed by atoms with Crippen LogP contribution in [0.2, 0.25) is 0 Å².